The third-order valence-electron chi connectivity index (χ3n) is 2.73. The molecule has 0 aliphatic heterocycles. The average molecular weight is 279 g/mol. The number of furan rings is 1. The fourth-order valence-electron chi connectivity index (χ4n) is 1.68. The van der Waals surface area contributed by atoms with Gasteiger partial charge in [0.1, 0.15) is 17.1 Å². The molecule has 1 atom stereocenters. The number of rotatable bonds is 5. The predicted octanol–water partition coefficient (Wildman–Crippen LogP) is 1.59. The second-order valence-corrected chi connectivity index (χ2v) is 4.56. The third kappa shape index (κ3) is 4.02. The summed E-state index contributed by atoms with van der Waals surface area (Å²) >= 11 is 0. The van der Waals surface area contributed by atoms with E-state index in [1.807, 2.05) is 6.07 Å². The number of carbonyl (C=O) groups is 2. The fourth-order valence-corrected chi connectivity index (χ4v) is 1.68. The van der Waals surface area contributed by atoms with Gasteiger partial charge in [-0.3, -0.25) is 0 Å². The Labute approximate surface area is 116 Å². The number of nitrogens with zero attached hydrogens (tertiary/aromatic N) is 2. The van der Waals surface area contributed by atoms with E-state index in [0.29, 0.717) is 18.1 Å². The lowest BCUT2D eigenvalue weighted by molar-refractivity contribution is 0.0695. The van der Waals surface area contributed by atoms with Crippen LogP contribution in [0.25, 0.3) is 0 Å². The molecule has 0 radical (unpaired) electrons. The first-order chi connectivity index (χ1) is 9.35. The highest BCUT2D eigenvalue weighted by molar-refractivity contribution is 5.88. The van der Waals surface area contributed by atoms with Crippen LogP contribution in [0.1, 0.15) is 28.8 Å². The summed E-state index contributed by atoms with van der Waals surface area (Å²) in [4.78, 5) is 24.0. The van der Waals surface area contributed by atoms with Crippen LogP contribution in [-0.2, 0) is 6.54 Å². The van der Waals surface area contributed by atoms with Crippen LogP contribution in [0.4, 0.5) is 4.79 Å². The van der Waals surface area contributed by atoms with Gasteiger partial charge >= 0.3 is 12.0 Å². The maximum atomic E-state index is 11.7. The molecule has 0 bridgehead atoms. The van der Waals surface area contributed by atoms with E-state index in [4.69, 9.17) is 14.8 Å². The van der Waals surface area contributed by atoms with Gasteiger partial charge in [-0.1, -0.05) is 0 Å². The van der Waals surface area contributed by atoms with Gasteiger partial charge in [-0.15, -0.1) is 0 Å². The molecule has 1 heterocycles. The van der Waals surface area contributed by atoms with Gasteiger partial charge in [0.15, 0.2) is 0 Å². The zero-order valence-electron chi connectivity index (χ0n) is 11.6. The Bertz CT molecular complexity index is 544. The van der Waals surface area contributed by atoms with Crippen LogP contribution in [0.5, 0.6) is 0 Å². The lowest BCUT2D eigenvalue weighted by Gasteiger charge is -2.18. The van der Waals surface area contributed by atoms with Crippen molar-refractivity contribution in [1.29, 1.82) is 5.26 Å². The molecule has 1 unspecified atom stereocenters. The van der Waals surface area contributed by atoms with Crippen LogP contribution in [0, 0.1) is 24.2 Å². The van der Waals surface area contributed by atoms with Gasteiger partial charge < -0.3 is 19.7 Å². The lowest BCUT2D eigenvalue weighted by atomic mass is 10.2. The first-order valence-electron chi connectivity index (χ1n) is 6.06. The lowest BCUT2D eigenvalue weighted by Crippen LogP contribution is -2.38. The maximum Gasteiger partial charge on any atom is 0.339 e. The Morgan fingerprint density at radius 1 is 1.60 bits per heavy atom. The van der Waals surface area contributed by atoms with Gasteiger partial charge in [0.25, 0.3) is 0 Å². The molecule has 2 N–H and O–H groups in total. The Hall–Kier alpha value is -2.49. The number of aromatic carboxylic acids is 1. The smallest absolute Gasteiger partial charge is 0.339 e. The van der Waals surface area contributed by atoms with E-state index in [9.17, 15) is 9.59 Å². The molecule has 0 saturated carbocycles. The highest BCUT2D eigenvalue weighted by Gasteiger charge is 2.15. The molecule has 0 aromatic carbocycles. The van der Waals surface area contributed by atoms with Crippen LogP contribution in [0.15, 0.2) is 10.5 Å². The van der Waals surface area contributed by atoms with Crippen molar-refractivity contribution in [3.8, 4) is 6.07 Å². The van der Waals surface area contributed by atoms with Crippen molar-refractivity contribution in [2.45, 2.75) is 20.4 Å². The second-order valence-electron chi connectivity index (χ2n) is 4.56. The maximum absolute atomic E-state index is 11.7. The Morgan fingerprint density at radius 3 is 2.75 bits per heavy atom. The molecular formula is C13H17N3O4. The average Bonchev–Trinajstić information content (AvgIpc) is 2.77. The van der Waals surface area contributed by atoms with E-state index in [1.165, 1.54) is 11.0 Å². The van der Waals surface area contributed by atoms with Crippen LogP contribution in [0.3, 0.4) is 0 Å². The van der Waals surface area contributed by atoms with Crippen molar-refractivity contribution in [2.24, 2.45) is 5.92 Å². The molecule has 1 aromatic heterocycles. The summed E-state index contributed by atoms with van der Waals surface area (Å²) in [5.74, 6) is -0.651. The summed E-state index contributed by atoms with van der Waals surface area (Å²) in [5, 5.41) is 20.2. The highest BCUT2D eigenvalue weighted by atomic mass is 16.4. The first kappa shape index (κ1) is 15.6. The molecule has 0 aliphatic rings. The minimum Gasteiger partial charge on any atom is -0.478 e. The topological polar surface area (TPSA) is 107 Å². The summed E-state index contributed by atoms with van der Waals surface area (Å²) in [6.07, 6.45) is 0. The molecule has 20 heavy (non-hydrogen) atoms. The van der Waals surface area contributed by atoms with E-state index < -0.39 is 5.97 Å². The third-order valence-corrected chi connectivity index (χ3v) is 2.73. The summed E-state index contributed by atoms with van der Waals surface area (Å²) in [5.41, 5.74) is 0.0840. The molecule has 0 spiro atoms. The Morgan fingerprint density at radius 2 is 2.25 bits per heavy atom. The monoisotopic (exact) mass is 279 g/mol. The molecule has 108 valence electrons. The summed E-state index contributed by atoms with van der Waals surface area (Å²) in [6.45, 7) is 3.69. The molecule has 0 saturated heterocycles. The molecule has 0 aliphatic carbocycles. The van der Waals surface area contributed by atoms with Gasteiger partial charge in [0, 0.05) is 13.6 Å². The Balaban J connectivity index is 2.55. The molecular weight excluding hydrogens is 262 g/mol. The normalized spacial score (nSPS) is 11.5. The predicted molar refractivity (Wildman–Crippen MR) is 70.0 cm³/mol. The standard InChI is InChI=1S/C13H17N3O4/c1-8(5-14)7-16(3)13(19)15-6-10-4-11(12(17)18)9(2)20-10/h4,8H,6-7H2,1-3H3,(H,15,19)(H,17,18). The number of amides is 2. The molecule has 1 rings (SSSR count). The molecule has 7 heteroatoms. The molecule has 0 fully saturated rings. The van der Waals surface area contributed by atoms with E-state index in [2.05, 4.69) is 5.32 Å². The number of nitrogens with one attached hydrogen (secondary N) is 1. The summed E-state index contributed by atoms with van der Waals surface area (Å²) < 4.78 is 5.24. The van der Waals surface area contributed by atoms with Crippen molar-refractivity contribution in [1.82, 2.24) is 10.2 Å². The van der Waals surface area contributed by atoms with Crippen LogP contribution >= 0.6 is 0 Å². The van der Waals surface area contributed by atoms with Gasteiger partial charge in [-0.2, -0.15) is 5.26 Å². The summed E-state index contributed by atoms with van der Waals surface area (Å²) in [7, 11) is 1.58. The number of urea groups is 1. The zero-order valence-corrected chi connectivity index (χ0v) is 11.6. The van der Waals surface area contributed by atoms with Crippen LogP contribution in [-0.4, -0.2) is 35.6 Å². The van der Waals surface area contributed by atoms with Crippen molar-refractivity contribution in [3.05, 3.63) is 23.2 Å². The fraction of sp³-hybridized carbons (Fsp3) is 0.462. The van der Waals surface area contributed by atoms with Gasteiger partial charge in [0.2, 0.25) is 0 Å². The number of carboxylic acids is 1. The minimum absolute atomic E-state index is 0.0840. The number of hydrogen-bond donors (Lipinski definition) is 2. The van der Waals surface area contributed by atoms with Crippen molar-refractivity contribution < 1.29 is 19.1 Å². The van der Waals surface area contributed by atoms with E-state index in [1.54, 1.807) is 20.9 Å². The minimum atomic E-state index is -1.07. The quantitative estimate of drug-likeness (QED) is 0.851. The second kappa shape index (κ2) is 6.61. The van der Waals surface area contributed by atoms with Crippen molar-refractivity contribution >= 4 is 12.0 Å². The molecule has 7 nitrogen and oxygen atoms in total. The molecule has 1 aromatic rings. The first-order valence-corrected chi connectivity index (χ1v) is 6.06. The van der Waals surface area contributed by atoms with E-state index in [-0.39, 0.29) is 24.1 Å². The van der Waals surface area contributed by atoms with Gasteiger partial charge in [-0.05, 0) is 19.9 Å². The Kier molecular flexibility index (Phi) is 5.15. The van der Waals surface area contributed by atoms with Crippen LogP contribution < -0.4 is 5.32 Å². The van der Waals surface area contributed by atoms with E-state index in [0.717, 1.165) is 0 Å². The van der Waals surface area contributed by atoms with Crippen molar-refractivity contribution in [2.75, 3.05) is 13.6 Å². The number of nitriles is 1. The highest BCUT2D eigenvalue weighted by Crippen LogP contribution is 2.14. The number of carbonyl (C=O) groups excluding carboxylic acids is 1. The SMILES string of the molecule is Cc1oc(CNC(=O)N(C)CC(C)C#N)cc1C(=O)O. The largest absolute Gasteiger partial charge is 0.478 e. The van der Waals surface area contributed by atoms with Crippen molar-refractivity contribution in [3.63, 3.8) is 0 Å². The van der Waals surface area contributed by atoms with E-state index >= 15 is 0 Å². The van der Waals surface area contributed by atoms with Crippen LogP contribution in [0.2, 0.25) is 0 Å². The summed E-state index contributed by atoms with van der Waals surface area (Å²) in [6, 6.07) is 3.08. The van der Waals surface area contributed by atoms with Gasteiger partial charge in [-0.25, -0.2) is 9.59 Å². The number of hydrogen-bond acceptors (Lipinski definition) is 4. The number of carboxylic acid groups (broad SMARTS) is 1. The zero-order chi connectivity index (χ0) is 15.3. The molecule has 2 amide bonds. The number of aryl methyl sites for hydroxylation is 1. The van der Waals surface area contributed by atoms with Gasteiger partial charge in [0.05, 0.1) is 18.5 Å².